The highest BCUT2D eigenvalue weighted by atomic mass is 79.9. The molecule has 5 heteroatoms. The lowest BCUT2D eigenvalue weighted by atomic mass is 10.0. The summed E-state index contributed by atoms with van der Waals surface area (Å²) in [5.74, 6) is -0.0412. The molecule has 2 N–H and O–H groups in total. The Hall–Kier alpha value is -1.85. The van der Waals surface area contributed by atoms with Crippen LogP contribution in [0.4, 0.5) is 4.79 Å². The topological polar surface area (TPSA) is 58.6 Å². The van der Waals surface area contributed by atoms with E-state index in [0.29, 0.717) is 13.0 Å². The molecule has 0 aliphatic heterocycles. The van der Waals surface area contributed by atoms with E-state index < -0.39 is 6.09 Å². The number of rotatable bonds is 7. The molecule has 0 aliphatic carbocycles. The van der Waals surface area contributed by atoms with Gasteiger partial charge in [-0.3, -0.25) is 0 Å². The average molecular weight is 378 g/mol. The van der Waals surface area contributed by atoms with E-state index in [1.807, 2.05) is 54.6 Å². The number of hydrogen-bond acceptors (Lipinski definition) is 3. The van der Waals surface area contributed by atoms with Crippen LogP contribution in [0.25, 0.3) is 0 Å². The minimum absolute atomic E-state index is 0.00896. The van der Waals surface area contributed by atoms with Gasteiger partial charge in [-0.2, -0.15) is 0 Å². The van der Waals surface area contributed by atoms with Gasteiger partial charge in [-0.1, -0.05) is 58.4 Å². The van der Waals surface area contributed by atoms with Crippen molar-refractivity contribution in [1.82, 2.24) is 5.32 Å². The highest BCUT2D eigenvalue weighted by Crippen LogP contribution is 2.13. The van der Waals surface area contributed by atoms with Crippen molar-refractivity contribution in [3.63, 3.8) is 0 Å². The van der Waals surface area contributed by atoms with Crippen LogP contribution in [0.5, 0.6) is 0 Å². The summed E-state index contributed by atoms with van der Waals surface area (Å²) < 4.78 is 6.17. The van der Waals surface area contributed by atoms with Gasteiger partial charge in [0.2, 0.25) is 0 Å². The Labute approximate surface area is 144 Å². The quantitative estimate of drug-likeness (QED) is 0.775. The lowest BCUT2D eigenvalue weighted by Gasteiger charge is -2.15. The number of nitrogens with one attached hydrogen (secondary N) is 1. The van der Waals surface area contributed by atoms with E-state index in [4.69, 9.17) is 4.74 Å². The van der Waals surface area contributed by atoms with Gasteiger partial charge >= 0.3 is 6.09 Å². The third kappa shape index (κ3) is 6.42. The minimum atomic E-state index is -0.469. The first-order chi connectivity index (χ1) is 11.2. The summed E-state index contributed by atoms with van der Waals surface area (Å²) in [5.41, 5.74) is 2.06. The van der Waals surface area contributed by atoms with Gasteiger partial charge in [0.25, 0.3) is 0 Å². The molecule has 0 fully saturated rings. The zero-order chi connectivity index (χ0) is 16.5. The summed E-state index contributed by atoms with van der Waals surface area (Å²) >= 11 is 3.39. The smallest absolute Gasteiger partial charge is 0.407 e. The molecule has 0 saturated carbocycles. The van der Waals surface area contributed by atoms with Crippen molar-refractivity contribution in [2.45, 2.75) is 13.0 Å². The normalized spacial score (nSPS) is 11.7. The summed E-state index contributed by atoms with van der Waals surface area (Å²) in [4.78, 5) is 11.7. The Morgan fingerprint density at radius 1 is 1.09 bits per heavy atom. The Morgan fingerprint density at radius 2 is 1.78 bits per heavy atom. The lowest BCUT2D eigenvalue weighted by Crippen LogP contribution is -2.32. The van der Waals surface area contributed by atoms with E-state index >= 15 is 0 Å². The summed E-state index contributed by atoms with van der Waals surface area (Å²) in [6.45, 7) is 0.623. The molecule has 0 spiro atoms. The number of ether oxygens (including phenoxy) is 1. The minimum Gasteiger partial charge on any atom is -0.445 e. The third-order valence-electron chi connectivity index (χ3n) is 3.44. The van der Waals surface area contributed by atoms with Crippen LogP contribution in [0.1, 0.15) is 11.1 Å². The van der Waals surface area contributed by atoms with Crippen molar-refractivity contribution < 1.29 is 14.6 Å². The monoisotopic (exact) mass is 377 g/mol. The Kier molecular flexibility index (Phi) is 7.10. The van der Waals surface area contributed by atoms with Crippen LogP contribution in [0, 0.1) is 5.92 Å². The molecule has 2 aromatic rings. The number of carbonyl (C=O) groups excluding carboxylic acids is 1. The van der Waals surface area contributed by atoms with Gasteiger partial charge in [0.1, 0.15) is 6.61 Å². The van der Waals surface area contributed by atoms with Gasteiger partial charge in [-0.15, -0.1) is 0 Å². The van der Waals surface area contributed by atoms with E-state index in [1.165, 1.54) is 0 Å². The second-order valence-electron chi connectivity index (χ2n) is 5.32. The Bertz CT molecular complexity index is 601. The summed E-state index contributed by atoms with van der Waals surface area (Å²) in [6, 6.07) is 17.4. The number of halogens is 1. The third-order valence-corrected chi connectivity index (χ3v) is 3.97. The number of hydrogen-bond donors (Lipinski definition) is 2. The van der Waals surface area contributed by atoms with E-state index in [1.54, 1.807) is 0 Å². The van der Waals surface area contributed by atoms with Crippen molar-refractivity contribution in [1.29, 1.82) is 0 Å². The number of aliphatic hydroxyl groups excluding tert-OH is 1. The van der Waals surface area contributed by atoms with E-state index in [-0.39, 0.29) is 19.1 Å². The maximum Gasteiger partial charge on any atom is 0.407 e. The van der Waals surface area contributed by atoms with Crippen LogP contribution in [-0.2, 0) is 17.8 Å². The standard InChI is InChI=1S/C18H20BrNO3/c19-17-8-6-14(7-9-17)10-16(12-21)11-20-18(22)23-13-15-4-2-1-3-5-15/h1-9,16,21H,10-13H2,(H,20,22). The van der Waals surface area contributed by atoms with Crippen LogP contribution in [0.15, 0.2) is 59.1 Å². The molecule has 0 radical (unpaired) electrons. The summed E-state index contributed by atoms with van der Waals surface area (Å²) in [6.07, 6.45) is 0.228. The summed E-state index contributed by atoms with van der Waals surface area (Å²) in [7, 11) is 0. The van der Waals surface area contributed by atoms with Crippen molar-refractivity contribution >= 4 is 22.0 Å². The van der Waals surface area contributed by atoms with Gasteiger partial charge in [0.05, 0.1) is 0 Å². The SMILES string of the molecule is O=C(NCC(CO)Cc1ccc(Br)cc1)OCc1ccccc1. The van der Waals surface area contributed by atoms with Crippen LogP contribution in [0.3, 0.4) is 0 Å². The van der Waals surface area contributed by atoms with E-state index in [2.05, 4.69) is 21.2 Å². The number of benzene rings is 2. The van der Waals surface area contributed by atoms with Crippen molar-refractivity contribution in [2.75, 3.05) is 13.2 Å². The first-order valence-corrected chi connectivity index (χ1v) is 8.26. The lowest BCUT2D eigenvalue weighted by molar-refractivity contribution is 0.135. The predicted octanol–water partition coefficient (Wildman–Crippen LogP) is 3.53. The fraction of sp³-hybridized carbons (Fsp3) is 0.278. The number of alkyl carbamates (subject to hydrolysis) is 1. The van der Waals surface area contributed by atoms with E-state index in [9.17, 15) is 9.90 Å². The van der Waals surface area contributed by atoms with Gasteiger partial charge in [0.15, 0.2) is 0 Å². The molecule has 0 aliphatic rings. The Balaban J connectivity index is 1.74. The number of amides is 1. The van der Waals surface area contributed by atoms with Crippen LogP contribution < -0.4 is 5.32 Å². The fourth-order valence-electron chi connectivity index (χ4n) is 2.16. The maximum atomic E-state index is 11.7. The molecule has 1 atom stereocenters. The largest absolute Gasteiger partial charge is 0.445 e. The molecule has 2 rings (SSSR count). The van der Waals surface area contributed by atoms with Crippen LogP contribution >= 0.6 is 15.9 Å². The zero-order valence-electron chi connectivity index (χ0n) is 12.7. The van der Waals surface area contributed by atoms with Crippen LogP contribution in [-0.4, -0.2) is 24.4 Å². The zero-order valence-corrected chi connectivity index (χ0v) is 14.3. The van der Waals surface area contributed by atoms with Crippen molar-refractivity contribution in [3.8, 4) is 0 Å². The van der Waals surface area contributed by atoms with Gasteiger partial charge in [-0.25, -0.2) is 4.79 Å². The molecule has 4 nitrogen and oxygen atoms in total. The maximum absolute atomic E-state index is 11.7. The van der Waals surface area contributed by atoms with Gasteiger partial charge < -0.3 is 15.2 Å². The molecule has 2 aromatic carbocycles. The fourth-order valence-corrected chi connectivity index (χ4v) is 2.42. The molecule has 0 bridgehead atoms. The first-order valence-electron chi connectivity index (χ1n) is 7.47. The average Bonchev–Trinajstić information content (AvgIpc) is 2.59. The summed E-state index contributed by atoms with van der Waals surface area (Å²) in [5, 5.41) is 12.2. The molecule has 23 heavy (non-hydrogen) atoms. The second kappa shape index (κ2) is 9.33. The Morgan fingerprint density at radius 3 is 2.43 bits per heavy atom. The molecule has 0 saturated heterocycles. The molecule has 122 valence electrons. The first kappa shape index (κ1) is 17.5. The molecule has 1 amide bonds. The predicted molar refractivity (Wildman–Crippen MR) is 93.1 cm³/mol. The molecular weight excluding hydrogens is 358 g/mol. The van der Waals surface area contributed by atoms with Crippen molar-refractivity contribution in [2.24, 2.45) is 5.92 Å². The second-order valence-corrected chi connectivity index (χ2v) is 6.24. The van der Waals surface area contributed by atoms with Gasteiger partial charge in [0, 0.05) is 23.5 Å². The number of aliphatic hydroxyl groups is 1. The molecular formula is C18H20BrNO3. The molecule has 0 aromatic heterocycles. The van der Waals surface area contributed by atoms with Crippen molar-refractivity contribution in [3.05, 3.63) is 70.2 Å². The number of carbonyl (C=O) groups is 1. The van der Waals surface area contributed by atoms with E-state index in [0.717, 1.165) is 15.6 Å². The van der Waals surface area contributed by atoms with Crippen LogP contribution in [0.2, 0.25) is 0 Å². The molecule has 1 unspecified atom stereocenters. The highest BCUT2D eigenvalue weighted by molar-refractivity contribution is 9.10. The molecule has 0 heterocycles. The van der Waals surface area contributed by atoms with Gasteiger partial charge in [-0.05, 0) is 29.7 Å². The highest BCUT2D eigenvalue weighted by Gasteiger charge is 2.11.